The first kappa shape index (κ1) is 18.0. The Morgan fingerprint density at radius 3 is 2.72 bits per heavy atom. The molecule has 1 aromatic rings. The maximum atomic E-state index is 13.0. The first-order valence-electron chi connectivity index (χ1n) is 7.69. The Labute approximate surface area is 147 Å². The van der Waals surface area contributed by atoms with Crippen molar-refractivity contribution in [1.82, 2.24) is 20.4 Å². The van der Waals surface area contributed by atoms with Gasteiger partial charge < -0.3 is 15.4 Å². The van der Waals surface area contributed by atoms with E-state index in [1.165, 1.54) is 13.2 Å². The molecular weight excluding hydrogens is 361 g/mol. The van der Waals surface area contributed by atoms with Crippen molar-refractivity contribution in [2.45, 2.75) is 30.8 Å². The van der Waals surface area contributed by atoms with Gasteiger partial charge in [0.1, 0.15) is 16.5 Å². The zero-order valence-electron chi connectivity index (χ0n) is 13.4. The molecule has 7 nitrogen and oxygen atoms in total. The van der Waals surface area contributed by atoms with E-state index in [9.17, 15) is 13.2 Å². The monoisotopic (exact) mass is 378 g/mol. The average Bonchev–Trinajstić information content (AvgIpc) is 2.96. The second-order valence-electron chi connectivity index (χ2n) is 5.82. The SMILES string of the molecule is CNC1=C(C(F)(F)F)C=NC(N)(c2cnn(C3CCOCC3)c2Cl)N1. The van der Waals surface area contributed by atoms with Crippen LogP contribution in [-0.2, 0) is 10.5 Å². The van der Waals surface area contributed by atoms with Gasteiger partial charge in [-0.25, -0.2) is 4.99 Å². The summed E-state index contributed by atoms with van der Waals surface area (Å²) in [6.07, 6.45) is -0.950. The minimum absolute atomic E-state index is 0.0521. The molecule has 25 heavy (non-hydrogen) atoms. The van der Waals surface area contributed by atoms with Gasteiger partial charge in [0.2, 0.25) is 5.79 Å². The Hall–Kier alpha value is -1.78. The van der Waals surface area contributed by atoms with Gasteiger partial charge in [0.25, 0.3) is 0 Å². The predicted octanol–water partition coefficient (Wildman–Crippen LogP) is 1.62. The number of halogens is 4. The van der Waals surface area contributed by atoms with Crippen LogP contribution in [0.15, 0.2) is 22.6 Å². The van der Waals surface area contributed by atoms with Crippen LogP contribution in [0.3, 0.4) is 0 Å². The lowest BCUT2D eigenvalue weighted by atomic mass is 10.1. The Morgan fingerprint density at radius 2 is 2.12 bits per heavy atom. The lowest BCUT2D eigenvalue weighted by molar-refractivity contribution is -0.0875. The van der Waals surface area contributed by atoms with Crippen LogP contribution in [0, 0.1) is 0 Å². The predicted molar refractivity (Wildman–Crippen MR) is 86.0 cm³/mol. The number of hydrogen-bond donors (Lipinski definition) is 3. The number of nitrogens with zero attached hydrogens (tertiary/aromatic N) is 3. The maximum absolute atomic E-state index is 13.0. The molecule has 0 aromatic carbocycles. The molecule has 2 aliphatic rings. The quantitative estimate of drug-likeness (QED) is 0.743. The van der Waals surface area contributed by atoms with Gasteiger partial charge in [-0.05, 0) is 12.8 Å². The van der Waals surface area contributed by atoms with Gasteiger partial charge in [-0.1, -0.05) is 11.6 Å². The summed E-state index contributed by atoms with van der Waals surface area (Å²) in [4.78, 5) is 3.86. The zero-order valence-corrected chi connectivity index (χ0v) is 14.2. The molecule has 1 saturated heterocycles. The molecule has 11 heteroatoms. The third-order valence-electron chi connectivity index (χ3n) is 4.22. The first-order chi connectivity index (χ1) is 11.8. The van der Waals surface area contributed by atoms with E-state index >= 15 is 0 Å². The number of rotatable bonds is 3. The summed E-state index contributed by atoms with van der Waals surface area (Å²) in [6, 6.07) is 0.0521. The van der Waals surface area contributed by atoms with Crippen LogP contribution in [0.2, 0.25) is 5.15 Å². The highest BCUT2D eigenvalue weighted by Crippen LogP contribution is 2.35. The molecule has 3 rings (SSSR count). The second-order valence-corrected chi connectivity index (χ2v) is 6.18. The summed E-state index contributed by atoms with van der Waals surface area (Å²) >= 11 is 6.40. The van der Waals surface area contributed by atoms with Gasteiger partial charge in [-0.2, -0.15) is 18.3 Å². The summed E-state index contributed by atoms with van der Waals surface area (Å²) in [5, 5.41) is 9.54. The molecule has 0 saturated carbocycles. The number of aliphatic imine (C=N–C) groups is 1. The highest BCUT2D eigenvalue weighted by molar-refractivity contribution is 6.30. The van der Waals surface area contributed by atoms with Crippen molar-refractivity contribution in [2.24, 2.45) is 10.7 Å². The van der Waals surface area contributed by atoms with Crippen LogP contribution in [0.1, 0.15) is 24.4 Å². The molecule has 3 heterocycles. The molecule has 0 amide bonds. The number of allylic oxidation sites excluding steroid dienone is 1. The van der Waals surface area contributed by atoms with Crippen molar-refractivity contribution in [3.63, 3.8) is 0 Å². The van der Waals surface area contributed by atoms with E-state index in [1.54, 1.807) is 4.68 Å². The van der Waals surface area contributed by atoms with E-state index in [0.717, 1.165) is 12.8 Å². The molecule has 4 N–H and O–H groups in total. The Bertz CT molecular complexity index is 710. The maximum Gasteiger partial charge on any atom is 0.421 e. The van der Waals surface area contributed by atoms with Gasteiger partial charge in [-0.3, -0.25) is 10.4 Å². The van der Waals surface area contributed by atoms with Crippen LogP contribution < -0.4 is 16.4 Å². The minimum atomic E-state index is -4.56. The van der Waals surface area contributed by atoms with Crippen LogP contribution >= 0.6 is 11.6 Å². The molecule has 1 fully saturated rings. The largest absolute Gasteiger partial charge is 0.421 e. The van der Waals surface area contributed by atoms with Crippen LogP contribution in [-0.4, -0.2) is 42.4 Å². The van der Waals surface area contributed by atoms with Crippen molar-refractivity contribution < 1.29 is 17.9 Å². The number of nitrogens with one attached hydrogen (secondary N) is 2. The second kappa shape index (κ2) is 6.50. The van der Waals surface area contributed by atoms with E-state index in [2.05, 4.69) is 20.7 Å². The van der Waals surface area contributed by atoms with Crippen molar-refractivity contribution >= 4 is 17.8 Å². The highest BCUT2D eigenvalue weighted by Gasteiger charge is 2.42. The summed E-state index contributed by atoms with van der Waals surface area (Å²) in [5.74, 6) is -1.92. The van der Waals surface area contributed by atoms with Crippen molar-refractivity contribution in [3.8, 4) is 0 Å². The lowest BCUT2D eigenvalue weighted by Crippen LogP contribution is -2.53. The number of hydrogen-bond acceptors (Lipinski definition) is 6. The third kappa shape index (κ3) is 3.33. The highest BCUT2D eigenvalue weighted by atomic mass is 35.5. The van der Waals surface area contributed by atoms with E-state index in [1.807, 2.05) is 0 Å². The summed E-state index contributed by atoms with van der Waals surface area (Å²) in [7, 11) is 1.36. The van der Waals surface area contributed by atoms with E-state index in [-0.39, 0.29) is 17.0 Å². The van der Waals surface area contributed by atoms with Crippen LogP contribution in [0.25, 0.3) is 0 Å². The Kier molecular flexibility index (Phi) is 4.69. The molecule has 0 aliphatic carbocycles. The Morgan fingerprint density at radius 1 is 1.44 bits per heavy atom. The van der Waals surface area contributed by atoms with Crippen molar-refractivity contribution in [2.75, 3.05) is 20.3 Å². The van der Waals surface area contributed by atoms with Gasteiger partial charge in [-0.15, -0.1) is 0 Å². The summed E-state index contributed by atoms with van der Waals surface area (Å²) in [6.45, 7) is 1.20. The molecule has 1 unspecified atom stereocenters. The summed E-state index contributed by atoms with van der Waals surface area (Å²) in [5.41, 5.74) is 5.54. The molecule has 0 spiro atoms. The van der Waals surface area contributed by atoms with Crippen LogP contribution in [0.5, 0.6) is 0 Å². The van der Waals surface area contributed by atoms with Crippen molar-refractivity contribution in [1.29, 1.82) is 0 Å². The van der Waals surface area contributed by atoms with E-state index < -0.39 is 17.5 Å². The number of nitrogens with two attached hydrogens (primary N) is 1. The van der Waals surface area contributed by atoms with E-state index in [0.29, 0.717) is 25.0 Å². The number of ether oxygens (including phenoxy) is 1. The summed E-state index contributed by atoms with van der Waals surface area (Å²) < 4.78 is 46.0. The minimum Gasteiger partial charge on any atom is -0.381 e. The first-order valence-corrected chi connectivity index (χ1v) is 8.07. The smallest absolute Gasteiger partial charge is 0.381 e. The number of aromatic nitrogens is 2. The fraction of sp³-hybridized carbons (Fsp3) is 0.571. The average molecular weight is 379 g/mol. The van der Waals surface area contributed by atoms with Crippen LogP contribution in [0.4, 0.5) is 13.2 Å². The third-order valence-corrected chi connectivity index (χ3v) is 4.60. The van der Waals surface area contributed by atoms with E-state index in [4.69, 9.17) is 22.1 Å². The molecule has 1 atom stereocenters. The topological polar surface area (TPSA) is 89.5 Å². The molecule has 138 valence electrons. The molecule has 0 radical (unpaired) electrons. The standard InChI is InChI=1S/C14H18ClF3N6O/c1-20-12-10(13(16,17)18)6-21-14(19,23-12)9-7-22-24(11(9)15)8-2-4-25-5-3-8/h6-8,20,23H,2-5,19H2,1H3. The molecule has 2 aliphatic heterocycles. The van der Waals surface area contributed by atoms with Gasteiger partial charge in [0.05, 0.1) is 17.8 Å². The normalized spacial score (nSPS) is 25.2. The zero-order chi connectivity index (χ0) is 18.2. The van der Waals surface area contributed by atoms with Gasteiger partial charge in [0, 0.05) is 26.5 Å². The Balaban J connectivity index is 1.91. The molecule has 1 aromatic heterocycles. The van der Waals surface area contributed by atoms with Crippen molar-refractivity contribution in [3.05, 3.63) is 28.3 Å². The molecular formula is C14H18ClF3N6O. The molecule has 0 bridgehead atoms. The fourth-order valence-electron chi connectivity index (χ4n) is 2.86. The van der Waals surface area contributed by atoms with Gasteiger partial charge in [0.15, 0.2) is 0 Å². The fourth-order valence-corrected chi connectivity index (χ4v) is 3.23. The number of alkyl halides is 3. The lowest BCUT2D eigenvalue weighted by Gasteiger charge is -2.33. The van der Waals surface area contributed by atoms with Gasteiger partial charge >= 0.3 is 6.18 Å².